The van der Waals surface area contributed by atoms with Gasteiger partial charge in [-0.25, -0.2) is 0 Å². The predicted molar refractivity (Wildman–Crippen MR) is 64.9 cm³/mol. The fourth-order valence-electron chi connectivity index (χ4n) is 2.02. The van der Waals surface area contributed by atoms with Crippen LogP contribution in [0.5, 0.6) is 0 Å². The molecule has 15 heavy (non-hydrogen) atoms. The van der Waals surface area contributed by atoms with E-state index in [0.717, 1.165) is 25.9 Å². The summed E-state index contributed by atoms with van der Waals surface area (Å²) in [4.78, 5) is 13.3. The number of rotatable bonds is 7. The third kappa shape index (κ3) is 6.60. The second-order valence-electron chi connectivity index (χ2n) is 4.25. The van der Waals surface area contributed by atoms with Crippen LogP contribution in [-0.4, -0.2) is 53.5 Å². The van der Waals surface area contributed by atoms with E-state index in [4.69, 9.17) is 0 Å². The molecular formula is C12H23NNaO. The molecule has 0 saturated carbocycles. The van der Waals surface area contributed by atoms with Gasteiger partial charge < -0.3 is 4.90 Å². The van der Waals surface area contributed by atoms with Gasteiger partial charge in [-0.15, -0.1) is 0 Å². The molecule has 1 heterocycles. The summed E-state index contributed by atoms with van der Waals surface area (Å²) in [6.45, 7) is 4.25. The van der Waals surface area contributed by atoms with Crippen molar-refractivity contribution in [3.8, 4) is 0 Å². The van der Waals surface area contributed by atoms with Crippen molar-refractivity contribution in [3.63, 3.8) is 0 Å². The Labute approximate surface area is 116 Å². The van der Waals surface area contributed by atoms with Crippen LogP contribution in [0.3, 0.4) is 0 Å². The van der Waals surface area contributed by atoms with Crippen LogP contribution in [0, 0.1) is 0 Å². The first-order valence-corrected chi connectivity index (χ1v) is 6.12. The third-order valence-corrected chi connectivity index (χ3v) is 2.95. The molecule has 2 nitrogen and oxygen atoms in total. The van der Waals surface area contributed by atoms with Crippen LogP contribution in [-0.2, 0) is 4.79 Å². The second kappa shape index (κ2) is 9.68. The Kier molecular flexibility index (Phi) is 9.98. The van der Waals surface area contributed by atoms with E-state index in [1.54, 1.807) is 0 Å². The summed E-state index contributed by atoms with van der Waals surface area (Å²) in [6.07, 6.45) is 9.75. The van der Waals surface area contributed by atoms with Gasteiger partial charge in [0.1, 0.15) is 0 Å². The molecule has 1 aliphatic rings. The molecule has 0 atom stereocenters. The average molecular weight is 220 g/mol. The normalized spacial score (nSPS) is 15.5. The fraction of sp³-hybridized carbons (Fsp3) is 0.917. The van der Waals surface area contributed by atoms with E-state index in [0.29, 0.717) is 5.91 Å². The molecule has 0 N–H and O–H groups in total. The minimum absolute atomic E-state index is 0. The minimum Gasteiger partial charge on any atom is -0.343 e. The van der Waals surface area contributed by atoms with Gasteiger partial charge in [-0.05, 0) is 12.8 Å². The summed E-state index contributed by atoms with van der Waals surface area (Å²) in [5, 5.41) is 0. The van der Waals surface area contributed by atoms with Gasteiger partial charge in [0.25, 0.3) is 0 Å². The van der Waals surface area contributed by atoms with Crippen molar-refractivity contribution in [1.29, 1.82) is 0 Å². The van der Waals surface area contributed by atoms with Crippen LogP contribution in [0.4, 0.5) is 0 Å². The van der Waals surface area contributed by atoms with Gasteiger partial charge in [0, 0.05) is 49.1 Å². The molecule has 0 aromatic rings. The van der Waals surface area contributed by atoms with E-state index in [1.165, 1.54) is 38.5 Å². The van der Waals surface area contributed by atoms with Crippen molar-refractivity contribution in [2.75, 3.05) is 13.1 Å². The maximum Gasteiger partial charge on any atom is 0.222 e. The van der Waals surface area contributed by atoms with Gasteiger partial charge in [0.05, 0.1) is 0 Å². The zero-order valence-electron chi connectivity index (χ0n) is 10.4. The maximum absolute atomic E-state index is 11.3. The Balaban J connectivity index is 0.00000196. The molecule has 1 rings (SSSR count). The first kappa shape index (κ1) is 15.5. The summed E-state index contributed by atoms with van der Waals surface area (Å²) in [5.41, 5.74) is 0. The van der Waals surface area contributed by atoms with Crippen LogP contribution >= 0.6 is 0 Å². The molecular weight excluding hydrogens is 197 g/mol. The summed E-state index contributed by atoms with van der Waals surface area (Å²) in [7, 11) is 0. The van der Waals surface area contributed by atoms with Gasteiger partial charge in [-0.1, -0.05) is 39.0 Å². The first-order chi connectivity index (χ1) is 6.84. The molecule has 1 radical (unpaired) electrons. The fourth-order valence-corrected chi connectivity index (χ4v) is 2.02. The molecule has 0 aliphatic carbocycles. The Hall–Kier alpha value is 0.470. The van der Waals surface area contributed by atoms with E-state index in [-0.39, 0.29) is 29.6 Å². The van der Waals surface area contributed by atoms with Gasteiger partial charge in [0.15, 0.2) is 0 Å². The number of carbonyl (C=O) groups excluding carboxylic acids is 1. The van der Waals surface area contributed by atoms with Gasteiger partial charge >= 0.3 is 0 Å². The number of nitrogens with zero attached hydrogens (tertiary/aromatic N) is 1. The van der Waals surface area contributed by atoms with Gasteiger partial charge in [0.2, 0.25) is 5.91 Å². The van der Waals surface area contributed by atoms with E-state index >= 15 is 0 Å². The number of hydrogen-bond acceptors (Lipinski definition) is 1. The Morgan fingerprint density at radius 1 is 1.13 bits per heavy atom. The number of unbranched alkanes of at least 4 members (excludes halogenated alkanes) is 5. The Morgan fingerprint density at radius 2 is 1.80 bits per heavy atom. The summed E-state index contributed by atoms with van der Waals surface area (Å²) in [6, 6.07) is 0. The molecule has 0 aromatic carbocycles. The summed E-state index contributed by atoms with van der Waals surface area (Å²) >= 11 is 0. The average Bonchev–Trinajstić information content (AvgIpc) is 2.58. The molecule has 0 spiro atoms. The second-order valence-corrected chi connectivity index (χ2v) is 4.25. The van der Waals surface area contributed by atoms with Crippen LogP contribution in [0.15, 0.2) is 0 Å². The molecule has 0 aromatic heterocycles. The molecule has 83 valence electrons. The van der Waals surface area contributed by atoms with Crippen molar-refractivity contribution >= 4 is 35.5 Å². The zero-order valence-corrected chi connectivity index (χ0v) is 12.4. The quantitative estimate of drug-likeness (QED) is 0.477. The van der Waals surface area contributed by atoms with Crippen molar-refractivity contribution < 1.29 is 4.79 Å². The Bertz CT molecular complexity index is 173. The van der Waals surface area contributed by atoms with Crippen molar-refractivity contribution in [2.45, 2.75) is 58.3 Å². The van der Waals surface area contributed by atoms with Gasteiger partial charge in [-0.3, -0.25) is 4.79 Å². The number of carbonyl (C=O) groups is 1. The summed E-state index contributed by atoms with van der Waals surface area (Å²) < 4.78 is 0. The first-order valence-electron chi connectivity index (χ1n) is 6.12. The van der Waals surface area contributed by atoms with Gasteiger partial charge in [-0.2, -0.15) is 0 Å². The van der Waals surface area contributed by atoms with E-state index in [1.807, 2.05) is 4.90 Å². The molecule has 1 aliphatic heterocycles. The molecule has 0 bridgehead atoms. The molecule has 0 unspecified atom stereocenters. The number of amides is 1. The van der Waals surface area contributed by atoms with Crippen LogP contribution < -0.4 is 0 Å². The van der Waals surface area contributed by atoms with E-state index in [2.05, 4.69) is 6.92 Å². The van der Waals surface area contributed by atoms with Crippen molar-refractivity contribution in [3.05, 3.63) is 0 Å². The van der Waals surface area contributed by atoms with Crippen molar-refractivity contribution in [2.24, 2.45) is 0 Å². The number of likely N-dealkylation sites (tertiary alicyclic amines) is 1. The van der Waals surface area contributed by atoms with Crippen LogP contribution in [0.25, 0.3) is 0 Å². The maximum atomic E-state index is 11.3. The molecule has 1 amide bonds. The SMILES string of the molecule is CCCCCCCCN1CCCC1=O.[Na]. The summed E-state index contributed by atoms with van der Waals surface area (Å²) in [5.74, 6) is 0.374. The minimum atomic E-state index is 0. The van der Waals surface area contributed by atoms with E-state index < -0.39 is 0 Å². The standard InChI is InChI=1S/C12H23NO.Na/c1-2-3-4-5-6-7-10-13-11-8-9-12(13)14;/h2-11H2,1H3;. The number of hydrogen-bond donors (Lipinski definition) is 0. The van der Waals surface area contributed by atoms with E-state index in [9.17, 15) is 4.79 Å². The van der Waals surface area contributed by atoms with Crippen LogP contribution in [0.1, 0.15) is 58.3 Å². The molecule has 3 heteroatoms. The smallest absolute Gasteiger partial charge is 0.222 e. The topological polar surface area (TPSA) is 20.3 Å². The van der Waals surface area contributed by atoms with Crippen molar-refractivity contribution in [1.82, 2.24) is 4.90 Å². The third-order valence-electron chi connectivity index (χ3n) is 2.95. The Morgan fingerprint density at radius 3 is 2.40 bits per heavy atom. The monoisotopic (exact) mass is 220 g/mol. The van der Waals surface area contributed by atoms with Crippen LogP contribution in [0.2, 0.25) is 0 Å². The molecule has 1 saturated heterocycles. The largest absolute Gasteiger partial charge is 0.343 e. The predicted octanol–water partition coefficient (Wildman–Crippen LogP) is 2.59. The molecule has 1 fully saturated rings. The zero-order chi connectivity index (χ0) is 10.2.